The maximum Gasteiger partial charge on any atom is 0.233 e. The minimum absolute atomic E-state index is 0.144. The Morgan fingerprint density at radius 1 is 1.17 bits per heavy atom. The standard InChI is InChI=1S/C18H26N4OS/c1-5-21(6-2)16(23)13-24-18-20-19-17(22(18)12-14(3)4)15-10-8-7-9-11-15/h7-11,14H,5-6,12-13H2,1-4H3. The van der Waals surface area contributed by atoms with Crippen molar-refractivity contribution >= 4 is 17.7 Å². The first-order valence-corrected chi connectivity index (χ1v) is 9.44. The summed E-state index contributed by atoms with van der Waals surface area (Å²) in [5, 5.41) is 9.51. The summed E-state index contributed by atoms with van der Waals surface area (Å²) in [5.41, 5.74) is 1.05. The molecule has 0 bridgehead atoms. The van der Waals surface area contributed by atoms with Crippen molar-refractivity contribution in [2.75, 3.05) is 18.8 Å². The number of carbonyl (C=O) groups is 1. The van der Waals surface area contributed by atoms with E-state index in [0.717, 1.165) is 36.2 Å². The highest BCUT2D eigenvalue weighted by atomic mass is 32.2. The summed E-state index contributed by atoms with van der Waals surface area (Å²) in [4.78, 5) is 14.1. The van der Waals surface area contributed by atoms with Gasteiger partial charge in [-0.3, -0.25) is 4.79 Å². The minimum atomic E-state index is 0.144. The summed E-state index contributed by atoms with van der Waals surface area (Å²) >= 11 is 1.47. The Morgan fingerprint density at radius 2 is 1.83 bits per heavy atom. The van der Waals surface area contributed by atoms with Gasteiger partial charge < -0.3 is 9.47 Å². The van der Waals surface area contributed by atoms with Gasteiger partial charge in [0.15, 0.2) is 11.0 Å². The zero-order valence-electron chi connectivity index (χ0n) is 14.9. The Balaban J connectivity index is 2.21. The van der Waals surface area contributed by atoms with Crippen molar-refractivity contribution in [1.29, 1.82) is 0 Å². The van der Waals surface area contributed by atoms with E-state index >= 15 is 0 Å². The molecule has 130 valence electrons. The molecule has 1 amide bonds. The second-order valence-electron chi connectivity index (χ2n) is 6.03. The number of carbonyl (C=O) groups excluding carboxylic acids is 1. The number of aromatic nitrogens is 3. The summed E-state index contributed by atoms with van der Waals surface area (Å²) < 4.78 is 2.13. The molecule has 0 saturated carbocycles. The van der Waals surface area contributed by atoms with Gasteiger partial charge in [-0.05, 0) is 19.8 Å². The van der Waals surface area contributed by atoms with Crippen LogP contribution in [-0.4, -0.2) is 44.4 Å². The lowest BCUT2D eigenvalue weighted by Crippen LogP contribution is -2.32. The molecular weight excluding hydrogens is 320 g/mol. The number of hydrogen-bond acceptors (Lipinski definition) is 4. The lowest BCUT2D eigenvalue weighted by Gasteiger charge is -2.18. The number of nitrogens with zero attached hydrogens (tertiary/aromatic N) is 4. The van der Waals surface area contributed by atoms with Crippen molar-refractivity contribution in [1.82, 2.24) is 19.7 Å². The Morgan fingerprint density at radius 3 is 2.42 bits per heavy atom. The average Bonchev–Trinajstić information content (AvgIpc) is 2.97. The normalized spacial score (nSPS) is 11.0. The molecule has 0 radical (unpaired) electrons. The maximum absolute atomic E-state index is 12.2. The van der Waals surface area contributed by atoms with E-state index in [9.17, 15) is 4.79 Å². The van der Waals surface area contributed by atoms with Gasteiger partial charge in [0.2, 0.25) is 5.91 Å². The summed E-state index contributed by atoms with van der Waals surface area (Å²) in [5.74, 6) is 1.88. The van der Waals surface area contributed by atoms with E-state index < -0.39 is 0 Å². The largest absolute Gasteiger partial charge is 0.343 e. The fourth-order valence-electron chi connectivity index (χ4n) is 2.52. The Kier molecular flexibility index (Phi) is 6.85. The van der Waals surface area contributed by atoms with E-state index in [0.29, 0.717) is 11.7 Å². The zero-order chi connectivity index (χ0) is 17.5. The zero-order valence-corrected chi connectivity index (χ0v) is 15.7. The maximum atomic E-state index is 12.2. The van der Waals surface area contributed by atoms with Crippen LogP contribution in [0.15, 0.2) is 35.5 Å². The molecule has 0 unspecified atom stereocenters. The predicted molar refractivity (Wildman–Crippen MR) is 98.9 cm³/mol. The number of benzene rings is 1. The fourth-order valence-corrected chi connectivity index (χ4v) is 3.37. The third-order valence-corrected chi connectivity index (χ3v) is 4.69. The van der Waals surface area contributed by atoms with Crippen LogP contribution >= 0.6 is 11.8 Å². The van der Waals surface area contributed by atoms with E-state index in [4.69, 9.17) is 0 Å². The van der Waals surface area contributed by atoms with Gasteiger partial charge in [-0.15, -0.1) is 10.2 Å². The van der Waals surface area contributed by atoms with E-state index in [1.807, 2.05) is 49.1 Å². The highest BCUT2D eigenvalue weighted by Crippen LogP contribution is 2.25. The van der Waals surface area contributed by atoms with Crippen molar-refractivity contribution < 1.29 is 4.79 Å². The second kappa shape index (κ2) is 8.87. The summed E-state index contributed by atoms with van der Waals surface area (Å²) in [6, 6.07) is 10.1. The molecule has 24 heavy (non-hydrogen) atoms. The molecule has 0 saturated heterocycles. The van der Waals surface area contributed by atoms with Gasteiger partial charge in [-0.1, -0.05) is 55.9 Å². The number of rotatable bonds is 8. The number of amides is 1. The Labute approximate surface area is 148 Å². The molecule has 5 nitrogen and oxygen atoms in total. The van der Waals surface area contributed by atoms with Gasteiger partial charge in [-0.2, -0.15) is 0 Å². The van der Waals surface area contributed by atoms with Crippen LogP contribution in [0.5, 0.6) is 0 Å². The molecule has 2 aromatic rings. The second-order valence-corrected chi connectivity index (χ2v) is 6.97. The molecule has 0 atom stereocenters. The van der Waals surface area contributed by atoms with Crippen LogP contribution in [-0.2, 0) is 11.3 Å². The van der Waals surface area contributed by atoms with Crippen LogP contribution in [0.3, 0.4) is 0 Å². The summed E-state index contributed by atoms with van der Waals surface area (Å²) in [7, 11) is 0. The highest BCUT2D eigenvalue weighted by Gasteiger charge is 2.17. The van der Waals surface area contributed by atoms with E-state index in [1.165, 1.54) is 11.8 Å². The topological polar surface area (TPSA) is 51.0 Å². The van der Waals surface area contributed by atoms with Crippen molar-refractivity contribution in [3.8, 4) is 11.4 Å². The van der Waals surface area contributed by atoms with E-state index in [2.05, 4.69) is 28.6 Å². The molecule has 1 heterocycles. The fraction of sp³-hybridized carbons (Fsp3) is 0.500. The molecule has 1 aromatic carbocycles. The predicted octanol–water partition coefficient (Wildman–Crippen LogP) is 3.56. The van der Waals surface area contributed by atoms with Crippen molar-refractivity contribution in [3.63, 3.8) is 0 Å². The van der Waals surface area contributed by atoms with E-state index in [-0.39, 0.29) is 5.91 Å². The third-order valence-electron chi connectivity index (χ3n) is 3.74. The lowest BCUT2D eigenvalue weighted by molar-refractivity contribution is -0.127. The average molecular weight is 347 g/mol. The SMILES string of the molecule is CCN(CC)C(=O)CSc1nnc(-c2ccccc2)n1CC(C)C. The van der Waals surface area contributed by atoms with Crippen molar-refractivity contribution in [3.05, 3.63) is 30.3 Å². The van der Waals surface area contributed by atoms with Crippen LogP contribution in [0, 0.1) is 5.92 Å². The first kappa shape index (κ1) is 18.5. The van der Waals surface area contributed by atoms with Crippen LogP contribution in [0.4, 0.5) is 0 Å². The quantitative estimate of drug-likeness (QED) is 0.686. The first-order valence-electron chi connectivity index (χ1n) is 8.46. The molecule has 2 rings (SSSR count). The summed E-state index contributed by atoms with van der Waals surface area (Å²) in [6.45, 7) is 10.7. The molecule has 0 spiro atoms. The van der Waals surface area contributed by atoms with Crippen LogP contribution < -0.4 is 0 Å². The van der Waals surface area contributed by atoms with Gasteiger partial charge in [0.05, 0.1) is 5.75 Å². The first-order chi connectivity index (χ1) is 11.6. The Bertz CT molecular complexity index is 650. The van der Waals surface area contributed by atoms with Crippen molar-refractivity contribution in [2.45, 2.75) is 39.4 Å². The molecule has 6 heteroatoms. The van der Waals surface area contributed by atoms with Gasteiger partial charge >= 0.3 is 0 Å². The third kappa shape index (κ3) is 4.60. The molecular formula is C18H26N4OS. The van der Waals surface area contributed by atoms with Gasteiger partial charge in [0.1, 0.15) is 0 Å². The van der Waals surface area contributed by atoms with E-state index in [1.54, 1.807) is 0 Å². The van der Waals surface area contributed by atoms with Gasteiger partial charge in [-0.25, -0.2) is 0 Å². The van der Waals surface area contributed by atoms with Gasteiger partial charge in [0.25, 0.3) is 0 Å². The monoisotopic (exact) mass is 346 g/mol. The number of thioether (sulfide) groups is 1. The van der Waals surface area contributed by atoms with Crippen molar-refractivity contribution in [2.24, 2.45) is 5.92 Å². The van der Waals surface area contributed by atoms with Crippen LogP contribution in [0.1, 0.15) is 27.7 Å². The smallest absolute Gasteiger partial charge is 0.233 e. The Hall–Kier alpha value is -1.82. The summed E-state index contributed by atoms with van der Waals surface area (Å²) in [6.07, 6.45) is 0. The molecule has 0 N–H and O–H groups in total. The highest BCUT2D eigenvalue weighted by molar-refractivity contribution is 7.99. The molecule has 1 aromatic heterocycles. The molecule has 0 fully saturated rings. The molecule has 0 aliphatic heterocycles. The molecule has 0 aliphatic rings. The number of hydrogen-bond donors (Lipinski definition) is 0. The van der Waals surface area contributed by atoms with Crippen LogP contribution in [0.2, 0.25) is 0 Å². The van der Waals surface area contributed by atoms with Gasteiger partial charge in [0, 0.05) is 25.2 Å². The minimum Gasteiger partial charge on any atom is -0.343 e. The molecule has 0 aliphatic carbocycles. The lowest BCUT2D eigenvalue weighted by atomic mass is 10.2. The van der Waals surface area contributed by atoms with Crippen LogP contribution in [0.25, 0.3) is 11.4 Å².